The first kappa shape index (κ1) is 35.7. The number of hydrogen-bond donors (Lipinski definition) is 0. The average molecular weight is 757 g/mol. The van der Waals surface area contributed by atoms with Crippen molar-refractivity contribution in [2.24, 2.45) is 23.7 Å². The Morgan fingerprint density at radius 1 is 0.589 bits per heavy atom. The smallest absolute Gasteiger partial charge is 0.264 e. The standard InChI is InChI=1S/C52H61BN2S/c1-50(2,3)35-14-18-38(19-15-35)54-44-26-34(39-24-30-10-12-32(39)22-30)27-45-47(44)53(49-48(54)40-28-36(51(4,5)6)17-21-46(40)56-49)41-29-37(52(7,8)9)16-20-42(41)55(45)43-25-31-11-13-33(43)23-31/h14-21,26-33,39,43H,10-13,22-25H2,1-9H3. The summed E-state index contributed by atoms with van der Waals surface area (Å²) < 4.78 is 2.93. The zero-order chi connectivity index (χ0) is 38.6. The number of rotatable bonds is 3. The maximum atomic E-state index is 2.95. The van der Waals surface area contributed by atoms with Gasteiger partial charge in [0.2, 0.25) is 0 Å². The summed E-state index contributed by atoms with van der Waals surface area (Å²) in [5, 5.41) is 1.42. The van der Waals surface area contributed by atoms with Crippen molar-refractivity contribution < 1.29 is 0 Å². The number of benzene rings is 4. The van der Waals surface area contributed by atoms with Crippen LogP contribution in [0.1, 0.15) is 142 Å². The maximum Gasteiger partial charge on any atom is 0.264 e. The third-order valence-corrected chi connectivity index (χ3v) is 16.9. The van der Waals surface area contributed by atoms with E-state index in [0.717, 1.165) is 23.7 Å². The molecular formula is C52H61BN2S. The molecule has 4 heteroatoms. The van der Waals surface area contributed by atoms with Crippen molar-refractivity contribution in [2.45, 2.75) is 142 Å². The second-order valence-corrected chi connectivity index (χ2v) is 23.3. The fourth-order valence-corrected chi connectivity index (χ4v) is 13.9. The van der Waals surface area contributed by atoms with Gasteiger partial charge in [0.05, 0.1) is 5.69 Å². The van der Waals surface area contributed by atoms with E-state index in [4.69, 9.17) is 0 Å². The molecule has 4 aliphatic carbocycles. The molecule has 0 spiro atoms. The van der Waals surface area contributed by atoms with Crippen molar-refractivity contribution in [3.8, 4) is 0 Å². The molecule has 6 unspecified atom stereocenters. The van der Waals surface area contributed by atoms with Crippen molar-refractivity contribution in [1.29, 1.82) is 0 Å². The molecule has 0 saturated heterocycles. The molecule has 4 aromatic carbocycles. The summed E-state index contributed by atoms with van der Waals surface area (Å²) in [5.41, 5.74) is 16.4. The predicted octanol–water partition coefficient (Wildman–Crippen LogP) is 12.6. The fraction of sp³-hybridized carbons (Fsp3) is 0.500. The molecule has 4 saturated carbocycles. The molecule has 2 aliphatic heterocycles. The summed E-state index contributed by atoms with van der Waals surface area (Å²) in [5.74, 6) is 4.07. The van der Waals surface area contributed by atoms with E-state index in [-0.39, 0.29) is 23.0 Å². The van der Waals surface area contributed by atoms with E-state index in [1.165, 1.54) is 117 Å². The van der Waals surface area contributed by atoms with Crippen molar-refractivity contribution in [3.63, 3.8) is 0 Å². The normalized spacial score (nSPS) is 26.3. The molecule has 5 aromatic rings. The van der Waals surface area contributed by atoms with Crippen LogP contribution in [0, 0.1) is 23.7 Å². The molecule has 288 valence electrons. The summed E-state index contributed by atoms with van der Waals surface area (Å²) in [7, 11) is 0. The minimum absolute atomic E-state index is 0.0666. The highest BCUT2D eigenvalue weighted by molar-refractivity contribution is 7.33. The topological polar surface area (TPSA) is 6.48 Å². The number of fused-ring (bicyclic) bond motifs is 10. The Kier molecular flexibility index (Phi) is 7.66. The van der Waals surface area contributed by atoms with E-state index in [9.17, 15) is 0 Å². The average Bonchev–Trinajstić information content (AvgIpc) is 4.01. The van der Waals surface area contributed by atoms with Crippen LogP contribution in [0.5, 0.6) is 0 Å². The van der Waals surface area contributed by atoms with Gasteiger partial charge in [-0.05, 0) is 160 Å². The van der Waals surface area contributed by atoms with Crippen LogP contribution in [0.25, 0.3) is 10.1 Å². The molecule has 11 rings (SSSR count). The molecule has 6 aliphatic rings. The minimum atomic E-state index is 0.0666. The van der Waals surface area contributed by atoms with Gasteiger partial charge < -0.3 is 9.80 Å². The van der Waals surface area contributed by atoms with Gasteiger partial charge in [0.25, 0.3) is 6.71 Å². The Bertz CT molecular complexity index is 2400. The molecule has 0 N–H and O–H groups in total. The van der Waals surface area contributed by atoms with Gasteiger partial charge in [0.15, 0.2) is 0 Å². The number of nitrogens with zero attached hydrogens (tertiary/aromatic N) is 2. The monoisotopic (exact) mass is 756 g/mol. The third-order valence-electron chi connectivity index (χ3n) is 15.6. The Morgan fingerprint density at radius 3 is 1.84 bits per heavy atom. The molecule has 4 bridgehead atoms. The molecule has 56 heavy (non-hydrogen) atoms. The fourth-order valence-electron chi connectivity index (χ4n) is 12.6. The lowest BCUT2D eigenvalue weighted by molar-refractivity contribution is 0.412. The minimum Gasteiger partial charge on any atom is -0.339 e. The summed E-state index contributed by atoms with van der Waals surface area (Å²) in [4.78, 5) is 5.71. The van der Waals surface area contributed by atoms with Gasteiger partial charge >= 0.3 is 0 Å². The van der Waals surface area contributed by atoms with Crippen LogP contribution in [0.2, 0.25) is 0 Å². The van der Waals surface area contributed by atoms with E-state index in [0.29, 0.717) is 12.0 Å². The lowest BCUT2D eigenvalue weighted by Gasteiger charge is -2.47. The number of anilines is 5. The van der Waals surface area contributed by atoms with Crippen LogP contribution in [0.4, 0.5) is 28.4 Å². The van der Waals surface area contributed by atoms with Crippen LogP contribution >= 0.6 is 11.3 Å². The second kappa shape index (κ2) is 12.0. The van der Waals surface area contributed by atoms with Gasteiger partial charge in [-0.3, -0.25) is 0 Å². The largest absolute Gasteiger partial charge is 0.339 e. The van der Waals surface area contributed by atoms with E-state index < -0.39 is 0 Å². The van der Waals surface area contributed by atoms with Gasteiger partial charge in [0, 0.05) is 43.7 Å². The summed E-state index contributed by atoms with van der Waals surface area (Å²) in [6.07, 6.45) is 11.2. The molecule has 0 amide bonds. The molecule has 2 nitrogen and oxygen atoms in total. The molecule has 6 atom stereocenters. The van der Waals surface area contributed by atoms with Gasteiger partial charge in [-0.2, -0.15) is 0 Å². The highest BCUT2D eigenvalue weighted by Crippen LogP contribution is 2.57. The zero-order valence-corrected chi connectivity index (χ0v) is 36.2. The van der Waals surface area contributed by atoms with Crippen LogP contribution in [0.15, 0.2) is 72.8 Å². The van der Waals surface area contributed by atoms with Gasteiger partial charge in [-0.1, -0.05) is 105 Å². The first-order chi connectivity index (χ1) is 26.6. The van der Waals surface area contributed by atoms with E-state index in [2.05, 4.69) is 156 Å². The van der Waals surface area contributed by atoms with Crippen LogP contribution in [-0.2, 0) is 16.2 Å². The van der Waals surface area contributed by atoms with Crippen molar-refractivity contribution in [1.82, 2.24) is 0 Å². The van der Waals surface area contributed by atoms with E-state index in [1.807, 2.05) is 0 Å². The highest BCUT2D eigenvalue weighted by atomic mass is 32.1. The van der Waals surface area contributed by atoms with E-state index in [1.54, 1.807) is 11.0 Å². The van der Waals surface area contributed by atoms with Gasteiger partial charge in [-0.25, -0.2) is 0 Å². The van der Waals surface area contributed by atoms with Gasteiger partial charge in [-0.15, -0.1) is 11.3 Å². The lowest BCUT2D eigenvalue weighted by atomic mass is 9.36. The Balaban J connectivity index is 1.24. The van der Waals surface area contributed by atoms with Crippen molar-refractivity contribution in [3.05, 3.63) is 95.1 Å². The SMILES string of the molecule is CC(C)(C)c1ccc(N2c3cc(C4CC5CCC4C5)cc4c3B(c3cc(C(C)(C)C)ccc3N4C3CC4CCC3C4)c3sc4ccc(C(C)(C)C)cc4c32)cc1. The molecule has 3 heterocycles. The Hall–Kier alpha value is -3.50. The Morgan fingerprint density at radius 2 is 1.21 bits per heavy atom. The van der Waals surface area contributed by atoms with Gasteiger partial charge in [0.1, 0.15) is 0 Å². The summed E-state index contributed by atoms with van der Waals surface area (Å²) in [6, 6.07) is 30.9. The third kappa shape index (κ3) is 5.32. The van der Waals surface area contributed by atoms with Crippen molar-refractivity contribution >= 4 is 72.3 Å². The highest BCUT2D eigenvalue weighted by Gasteiger charge is 2.51. The van der Waals surface area contributed by atoms with Crippen LogP contribution in [0.3, 0.4) is 0 Å². The predicted molar refractivity (Wildman–Crippen MR) is 243 cm³/mol. The first-order valence-electron chi connectivity index (χ1n) is 22.2. The van der Waals surface area contributed by atoms with Crippen LogP contribution in [-0.4, -0.2) is 12.8 Å². The maximum absolute atomic E-state index is 2.95. The quantitative estimate of drug-likeness (QED) is 0.166. The Labute approximate surface area is 341 Å². The lowest BCUT2D eigenvalue weighted by Crippen LogP contribution is -2.62. The molecule has 1 aromatic heterocycles. The second-order valence-electron chi connectivity index (χ2n) is 22.2. The summed E-state index contributed by atoms with van der Waals surface area (Å²) in [6.45, 7) is 21.5. The van der Waals surface area contributed by atoms with E-state index >= 15 is 0 Å². The number of thiophene rings is 1. The van der Waals surface area contributed by atoms with Crippen molar-refractivity contribution in [2.75, 3.05) is 9.80 Å². The summed E-state index contributed by atoms with van der Waals surface area (Å²) >= 11 is 2.07. The number of hydrogen-bond acceptors (Lipinski definition) is 3. The first-order valence-corrected chi connectivity index (χ1v) is 23.0. The molecule has 0 radical (unpaired) electrons. The molecular weight excluding hydrogens is 695 g/mol. The zero-order valence-electron chi connectivity index (χ0n) is 35.4. The molecule has 4 fully saturated rings. The van der Waals surface area contributed by atoms with Crippen LogP contribution < -0.4 is 25.5 Å².